The number of fused-ring (bicyclic) bond motifs is 4. The van der Waals surface area contributed by atoms with Gasteiger partial charge in [0.2, 0.25) is 5.91 Å². The van der Waals surface area contributed by atoms with Crippen LogP contribution in [0.3, 0.4) is 0 Å². The van der Waals surface area contributed by atoms with Crippen LogP contribution in [-0.2, 0) is 4.79 Å². The van der Waals surface area contributed by atoms with Gasteiger partial charge in [0.25, 0.3) is 0 Å². The van der Waals surface area contributed by atoms with E-state index < -0.39 is 0 Å². The molecule has 0 aromatic carbocycles. The Hall–Kier alpha value is -0.610. The van der Waals surface area contributed by atoms with Crippen LogP contribution in [0.1, 0.15) is 57.8 Å². The van der Waals surface area contributed by atoms with Crippen molar-refractivity contribution in [3.63, 3.8) is 0 Å². The van der Waals surface area contributed by atoms with E-state index >= 15 is 0 Å². The molecule has 4 heterocycles. The van der Waals surface area contributed by atoms with Crippen LogP contribution in [-0.4, -0.2) is 46.2 Å². The van der Waals surface area contributed by atoms with E-state index in [-0.39, 0.29) is 6.10 Å². The SMILES string of the molecule is O=C(CC1CC2CCC(C1)N2)N1C2CCC1CC(O)C2. The van der Waals surface area contributed by atoms with Crippen molar-refractivity contribution in [1.82, 2.24) is 10.2 Å². The van der Waals surface area contributed by atoms with Crippen molar-refractivity contribution in [3.05, 3.63) is 0 Å². The number of aliphatic hydroxyl groups is 1. The molecule has 4 heteroatoms. The lowest BCUT2D eigenvalue weighted by Gasteiger charge is -2.38. The molecule has 0 aromatic rings. The van der Waals surface area contributed by atoms with E-state index in [0.717, 1.165) is 32.1 Å². The summed E-state index contributed by atoms with van der Waals surface area (Å²) in [6.45, 7) is 0. The second-order valence-electron chi connectivity index (χ2n) is 7.49. The number of nitrogens with zero attached hydrogens (tertiary/aromatic N) is 1. The number of piperidine rings is 2. The van der Waals surface area contributed by atoms with E-state index in [2.05, 4.69) is 10.2 Å². The maximum Gasteiger partial charge on any atom is 0.223 e. The first-order valence-electron chi connectivity index (χ1n) is 8.44. The van der Waals surface area contributed by atoms with Crippen molar-refractivity contribution in [3.8, 4) is 0 Å². The molecule has 0 saturated carbocycles. The number of amides is 1. The molecule has 4 unspecified atom stereocenters. The Balaban J connectivity index is 1.39. The van der Waals surface area contributed by atoms with E-state index in [4.69, 9.17) is 0 Å². The number of aliphatic hydroxyl groups excluding tert-OH is 1. The van der Waals surface area contributed by atoms with Crippen LogP contribution in [0.15, 0.2) is 0 Å². The largest absolute Gasteiger partial charge is 0.393 e. The highest BCUT2D eigenvalue weighted by Crippen LogP contribution is 2.38. The standard InChI is InChI=1S/C16H26N2O2/c19-15-8-13-3-4-14(9-15)18(13)16(20)7-10-5-11-1-2-12(6-10)17-11/h10-15,17,19H,1-9H2. The van der Waals surface area contributed by atoms with Crippen LogP contribution in [0.4, 0.5) is 0 Å². The summed E-state index contributed by atoms with van der Waals surface area (Å²) in [7, 11) is 0. The molecule has 4 aliphatic heterocycles. The predicted octanol–water partition coefficient (Wildman–Crippen LogP) is 1.42. The highest BCUT2D eigenvalue weighted by molar-refractivity contribution is 5.77. The summed E-state index contributed by atoms with van der Waals surface area (Å²) in [6.07, 6.45) is 9.37. The molecule has 4 bridgehead atoms. The molecule has 4 fully saturated rings. The summed E-state index contributed by atoms with van der Waals surface area (Å²) in [5, 5.41) is 13.5. The van der Waals surface area contributed by atoms with Crippen molar-refractivity contribution in [2.45, 2.75) is 88.1 Å². The van der Waals surface area contributed by atoms with Crippen LogP contribution in [0, 0.1) is 5.92 Å². The average molecular weight is 278 g/mol. The summed E-state index contributed by atoms with van der Waals surface area (Å²) in [6, 6.07) is 2.00. The molecule has 4 atom stereocenters. The van der Waals surface area contributed by atoms with E-state index in [0.29, 0.717) is 36.0 Å². The lowest BCUT2D eigenvalue weighted by Crippen LogP contribution is -2.49. The third kappa shape index (κ3) is 2.27. The second kappa shape index (κ2) is 4.99. The van der Waals surface area contributed by atoms with Crippen LogP contribution in [0.2, 0.25) is 0 Å². The minimum atomic E-state index is -0.175. The van der Waals surface area contributed by atoms with Gasteiger partial charge in [-0.1, -0.05) is 0 Å². The van der Waals surface area contributed by atoms with Gasteiger partial charge in [0.15, 0.2) is 0 Å². The lowest BCUT2D eigenvalue weighted by molar-refractivity contribution is -0.138. The first-order chi connectivity index (χ1) is 9.69. The molecule has 112 valence electrons. The fourth-order valence-corrected chi connectivity index (χ4v) is 5.25. The van der Waals surface area contributed by atoms with E-state index in [1.807, 2.05) is 0 Å². The van der Waals surface area contributed by atoms with E-state index in [9.17, 15) is 9.90 Å². The number of hydrogen-bond acceptors (Lipinski definition) is 3. The Kier molecular flexibility index (Phi) is 3.26. The Morgan fingerprint density at radius 1 is 1.00 bits per heavy atom. The van der Waals surface area contributed by atoms with Crippen molar-refractivity contribution in [1.29, 1.82) is 0 Å². The zero-order valence-electron chi connectivity index (χ0n) is 12.1. The monoisotopic (exact) mass is 278 g/mol. The Bertz CT molecular complexity index is 374. The summed E-state index contributed by atoms with van der Waals surface area (Å²) < 4.78 is 0. The van der Waals surface area contributed by atoms with Gasteiger partial charge in [0.05, 0.1) is 6.10 Å². The molecule has 1 amide bonds. The number of nitrogens with one attached hydrogen (secondary N) is 1. The first kappa shape index (κ1) is 13.1. The average Bonchev–Trinajstić information content (AvgIpc) is 2.88. The Morgan fingerprint density at radius 2 is 1.60 bits per heavy atom. The van der Waals surface area contributed by atoms with Gasteiger partial charge in [-0.15, -0.1) is 0 Å². The number of carbonyl (C=O) groups excluding carboxylic acids is 1. The van der Waals surface area contributed by atoms with Gasteiger partial charge in [-0.05, 0) is 57.3 Å². The quantitative estimate of drug-likeness (QED) is 0.803. The number of carbonyl (C=O) groups is 1. The molecule has 4 nitrogen and oxygen atoms in total. The smallest absolute Gasteiger partial charge is 0.223 e. The van der Waals surface area contributed by atoms with Gasteiger partial charge < -0.3 is 15.3 Å². The maximum absolute atomic E-state index is 12.7. The minimum absolute atomic E-state index is 0.175. The van der Waals surface area contributed by atoms with Crippen LogP contribution >= 0.6 is 0 Å². The van der Waals surface area contributed by atoms with Gasteiger partial charge in [0, 0.05) is 30.6 Å². The van der Waals surface area contributed by atoms with E-state index in [1.165, 1.54) is 25.7 Å². The summed E-state index contributed by atoms with van der Waals surface area (Å²) in [4.78, 5) is 14.8. The van der Waals surface area contributed by atoms with Crippen LogP contribution in [0.5, 0.6) is 0 Å². The van der Waals surface area contributed by atoms with Gasteiger partial charge in [0.1, 0.15) is 0 Å². The van der Waals surface area contributed by atoms with Gasteiger partial charge in [-0.3, -0.25) is 4.79 Å². The third-order valence-corrected chi connectivity index (χ3v) is 6.03. The molecule has 20 heavy (non-hydrogen) atoms. The summed E-state index contributed by atoms with van der Waals surface area (Å²) in [5.74, 6) is 0.961. The highest BCUT2D eigenvalue weighted by atomic mass is 16.3. The minimum Gasteiger partial charge on any atom is -0.393 e. The molecule has 4 saturated heterocycles. The zero-order chi connectivity index (χ0) is 13.7. The van der Waals surface area contributed by atoms with Crippen molar-refractivity contribution < 1.29 is 9.90 Å². The van der Waals surface area contributed by atoms with Gasteiger partial charge in [-0.2, -0.15) is 0 Å². The summed E-state index contributed by atoms with van der Waals surface area (Å²) in [5.41, 5.74) is 0. The molecule has 0 radical (unpaired) electrons. The Morgan fingerprint density at radius 3 is 2.20 bits per heavy atom. The van der Waals surface area contributed by atoms with Crippen molar-refractivity contribution in [2.24, 2.45) is 5.92 Å². The third-order valence-electron chi connectivity index (χ3n) is 6.03. The molecule has 4 rings (SSSR count). The topological polar surface area (TPSA) is 52.6 Å². The van der Waals surface area contributed by atoms with Crippen molar-refractivity contribution >= 4 is 5.91 Å². The molecule has 0 aromatic heterocycles. The van der Waals surface area contributed by atoms with E-state index in [1.54, 1.807) is 0 Å². The molecule has 0 aliphatic carbocycles. The summed E-state index contributed by atoms with van der Waals surface area (Å²) >= 11 is 0. The van der Waals surface area contributed by atoms with Crippen molar-refractivity contribution in [2.75, 3.05) is 0 Å². The molecule has 4 aliphatic rings. The fraction of sp³-hybridized carbons (Fsp3) is 0.938. The molecule has 0 spiro atoms. The first-order valence-corrected chi connectivity index (χ1v) is 8.44. The molecular formula is C16H26N2O2. The lowest BCUT2D eigenvalue weighted by atomic mass is 9.88. The molecular weight excluding hydrogens is 252 g/mol. The molecule has 2 N–H and O–H groups in total. The number of hydrogen-bond donors (Lipinski definition) is 2. The zero-order valence-corrected chi connectivity index (χ0v) is 12.1. The fourth-order valence-electron chi connectivity index (χ4n) is 5.25. The maximum atomic E-state index is 12.7. The van der Waals surface area contributed by atoms with Crippen LogP contribution < -0.4 is 5.32 Å². The van der Waals surface area contributed by atoms with Gasteiger partial charge >= 0.3 is 0 Å². The number of rotatable bonds is 2. The van der Waals surface area contributed by atoms with Gasteiger partial charge in [-0.25, -0.2) is 0 Å². The second-order valence-corrected chi connectivity index (χ2v) is 7.49. The van der Waals surface area contributed by atoms with Crippen LogP contribution in [0.25, 0.3) is 0 Å². The Labute approximate surface area is 120 Å². The highest BCUT2D eigenvalue weighted by Gasteiger charge is 2.43. The predicted molar refractivity (Wildman–Crippen MR) is 76.2 cm³/mol. The normalized spacial score (nSPS) is 46.8.